The van der Waals surface area contributed by atoms with Crippen molar-refractivity contribution in [3.63, 3.8) is 0 Å². The van der Waals surface area contributed by atoms with Crippen LogP contribution in [0.2, 0.25) is 0 Å². The van der Waals surface area contributed by atoms with Crippen molar-refractivity contribution >= 4 is 16.0 Å². The summed E-state index contributed by atoms with van der Waals surface area (Å²) in [4.78, 5) is 9.89. The lowest BCUT2D eigenvalue weighted by molar-refractivity contribution is -0.139. The zero-order valence-corrected chi connectivity index (χ0v) is 11.3. The molecule has 1 aromatic rings. The third-order valence-electron chi connectivity index (χ3n) is 2.42. The van der Waals surface area contributed by atoms with Crippen molar-refractivity contribution in [2.45, 2.75) is 24.0 Å². The van der Waals surface area contributed by atoms with Crippen molar-refractivity contribution in [3.05, 3.63) is 29.3 Å². The van der Waals surface area contributed by atoms with Gasteiger partial charge >= 0.3 is 12.1 Å². The molecule has 1 rings (SSSR count). The number of carboxylic acids is 1. The number of nitrogens with one attached hydrogen (secondary N) is 1. The maximum atomic E-state index is 12.5. The molecule has 0 saturated carbocycles. The van der Waals surface area contributed by atoms with E-state index in [4.69, 9.17) is 10.4 Å². The standard InChI is InChI=1S/C11H9F3N2O4S/c1-6(10(17)18)16-21(19,20)9-3-2-8(11(12,13)14)4-7(9)5-15/h2-4,6,16H,1H3,(H,17,18)/t6-/m0/s1. The van der Waals surface area contributed by atoms with Crippen LogP contribution < -0.4 is 4.72 Å². The summed E-state index contributed by atoms with van der Waals surface area (Å²) in [6, 6.07) is 1.35. The molecule has 1 aromatic carbocycles. The fourth-order valence-corrected chi connectivity index (χ4v) is 2.71. The highest BCUT2D eigenvalue weighted by Crippen LogP contribution is 2.31. The maximum absolute atomic E-state index is 12.5. The molecule has 6 nitrogen and oxygen atoms in total. The van der Waals surface area contributed by atoms with Crippen molar-refractivity contribution in [1.82, 2.24) is 4.72 Å². The number of benzene rings is 1. The molecule has 0 radical (unpaired) electrons. The first-order valence-electron chi connectivity index (χ1n) is 5.35. The average molecular weight is 322 g/mol. The number of sulfonamides is 1. The molecule has 10 heteroatoms. The Kier molecular flexibility index (Phi) is 4.60. The number of carbonyl (C=O) groups is 1. The van der Waals surface area contributed by atoms with Crippen LogP contribution in [0.15, 0.2) is 23.1 Å². The first-order valence-corrected chi connectivity index (χ1v) is 6.84. The summed E-state index contributed by atoms with van der Waals surface area (Å²) in [5.41, 5.74) is -1.90. The number of hydrogen-bond acceptors (Lipinski definition) is 4. The van der Waals surface area contributed by atoms with Crippen molar-refractivity contribution < 1.29 is 31.5 Å². The van der Waals surface area contributed by atoms with Crippen LogP contribution >= 0.6 is 0 Å². The predicted molar refractivity (Wildman–Crippen MR) is 63.6 cm³/mol. The topological polar surface area (TPSA) is 107 Å². The summed E-state index contributed by atoms with van der Waals surface area (Å²) >= 11 is 0. The number of hydrogen-bond donors (Lipinski definition) is 2. The molecule has 0 aliphatic heterocycles. The highest BCUT2D eigenvalue weighted by Gasteiger charge is 2.32. The number of aliphatic carboxylic acids is 1. The van der Waals surface area contributed by atoms with Crippen molar-refractivity contribution in [1.29, 1.82) is 5.26 Å². The van der Waals surface area contributed by atoms with Crippen LogP contribution in [0, 0.1) is 11.3 Å². The fraction of sp³-hybridized carbons (Fsp3) is 0.273. The smallest absolute Gasteiger partial charge is 0.416 e. The Hall–Kier alpha value is -2.12. The molecule has 0 fully saturated rings. The second kappa shape index (κ2) is 5.71. The van der Waals surface area contributed by atoms with Gasteiger partial charge in [0.15, 0.2) is 0 Å². The van der Waals surface area contributed by atoms with Gasteiger partial charge in [-0.25, -0.2) is 8.42 Å². The Bertz CT molecular complexity index is 707. The third kappa shape index (κ3) is 3.93. The van der Waals surface area contributed by atoms with E-state index in [2.05, 4.69) is 0 Å². The first-order chi connectivity index (χ1) is 9.49. The van der Waals surface area contributed by atoms with Crippen molar-refractivity contribution in [2.75, 3.05) is 0 Å². The van der Waals surface area contributed by atoms with Gasteiger partial charge in [-0.15, -0.1) is 0 Å². The normalized spacial score (nSPS) is 13.5. The lowest BCUT2D eigenvalue weighted by Crippen LogP contribution is -2.38. The Morgan fingerprint density at radius 2 is 2.00 bits per heavy atom. The minimum atomic E-state index is -4.73. The Morgan fingerprint density at radius 1 is 1.43 bits per heavy atom. The van der Waals surface area contributed by atoms with Gasteiger partial charge in [-0.05, 0) is 25.1 Å². The molecule has 21 heavy (non-hydrogen) atoms. The molecule has 0 bridgehead atoms. The number of nitrogens with zero attached hydrogens (tertiary/aromatic N) is 1. The van der Waals surface area contributed by atoms with Gasteiger partial charge in [-0.2, -0.15) is 23.2 Å². The van der Waals surface area contributed by atoms with E-state index in [0.29, 0.717) is 18.2 Å². The van der Waals surface area contributed by atoms with Crippen LogP contribution in [0.5, 0.6) is 0 Å². The van der Waals surface area contributed by atoms with E-state index in [-0.39, 0.29) is 0 Å². The van der Waals surface area contributed by atoms with Gasteiger partial charge in [-0.3, -0.25) is 4.79 Å². The summed E-state index contributed by atoms with van der Waals surface area (Å²) in [5, 5.41) is 17.4. The maximum Gasteiger partial charge on any atom is 0.416 e. The van der Waals surface area contributed by atoms with E-state index in [1.807, 2.05) is 0 Å². The zero-order valence-electron chi connectivity index (χ0n) is 10.5. The molecule has 0 unspecified atom stereocenters. The van der Waals surface area contributed by atoms with Gasteiger partial charge in [0.1, 0.15) is 12.1 Å². The second-order valence-electron chi connectivity index (χ2n) is 4.00. The highest BCUT2D eigenvalue weighted by atomic mass is 32.2. The van der Waals surface area contributed by atoms with Crippen LogP contribution in [0.25, 0.3) is 0 Å². The van der Waals surface area contributed by atoms with Crippen LogP contribution in [0.1, 0.15) is 18.1 Å². The van der Waals surface area contributed by atoms with Gasteiger partial charge in [0.2, 0.25) is 10.0 Å². The number of alkyl halides is 3. The van der Waals surface area contributed by atoms with Crippen LogP contribution in [-0.2, 0) is 21.0 Å². The Morgan fingerprint density at radius 3 is 2.43 bits per heavy atom. The van der Waals surface area contributed by atoms with Crippen LogP contribution in [0.3, 0.4) is 0 Å². The van der Waals surface area contributed by atoms with Gasteiger partial charge in [0.25, 0.3) is 0 Å². The number of carboxylic acid groups (broad SMARTS) is 1. The third-order valence-corrected chi connectivity index (χ3v) is 4.02. The second-order valence-corrected chi connectivity index (χ2v) is 5.68. The lowest BCUT2D eigenvalue weighted by Gasteiger charge is -2.13. The van der Waals surface area contributed by atoms with Gasteiger partial charge in [0, 0.05) is 0 Å². The van der Waals surface area contributed by atoms with E-state index in [0.717, 1.165) is 6.92 Å². The van der Waals surface area contributed by atoms with Crippen LogP contribution in [0.4, 0.5) is 13.2 Å². The Labute approximate surface area is 117 Å². The summed E-state index contributed by atoms with van der Waals surface area (Å²) in [6.45, 7) is 1.04. The predicted octanol–water partition coefficient (Wildman–Crippen LogP) is 1.33. The minimum Gasteiger partial charge on any atom is -0.480 e. The molecule has 0 heterocycles. The quantitative estimate of drug-likeness (QED) is 0.869. The Balaban J connectivity index is 3.32. The largest absolute Gasteiger partial charge is 0.480 e. The molecular weight excluding hydrogens is 313 g/mol. The lowest BCUT2D eigenvalue weighted by atomic mass is 10.1. The van der Waals surface area contributed by atoms with E-state index < -0.39 is 44.2 Å². The number of nitriles is 1. The molecular formula is C11H9F3N2O4S. The average Bonchev–Trinajstić information content (AvgIpc) is 2.36. The van der Waals surface area contributed by atoms with Gasteiger partial charge < -0.3 is 5.11 Å². The van der Waals surface area contributed by atoms with E-state index in [9.17, 15) is 26.4 Å². The van der Waals surface area contributed by atoms with Crippen molar-refractivity contribution in [3.8, 4) is 6.07 Å². The van der Waals surface area contributed by atoms with Crippen molar-refractivity contribution in [2.24, 2.45) is 0 Å². The summed E-state index contributed by atoms with van der Waals surface area (Å²) in [5.74, 6) is -1.47. The molecule has 2 N–H and O–H groups in total. The molecule has 0 aromatic heterocycles. The SMILES string of the molecule is C[C@H](NS(=O)(=O)c1ccc(C(F)(F)F)cc1C#N)C(=O)O. The highest BCUT2D eigenvalue weighted by molar-refractivity contribution is 7.89. The number of rotatable bonds is 4. The van der Waals surface area contributed by atoms with E-state index in [1.165, 1.54) is 6.07 Å². The monoisotopic (exact) mass is 322 g/mol. The summed E-state index contributed by atoms with van der Waals surface area (Å²) < 4.78 is 63.0. The molecule has 0 aliphatic rings. The number of halogens is 3. The van der Waals surface area contributed by atoms with Gasteiger partial charge in [-0.1, -0.05) is 0 Å². The molecule has 114 valence electrons. The van der Waals surface area contributed by atoms with E-state index >= 15 is 0 Å². The molecule has 0 amide bonds. The molecule has 1 atom stereocenters. The van der Waals surface area contributed by atoms with Crippen LogP contribution in [-0.4, -0.2) is 25.5 Å². The molecule has 0 spiro atoms. The van der Waals surface area contributed by atoms with Gasteiger partial charge in [0.05, 0.1) is 16.0 Å². The zero-order chi connectivity index (χ0) is 16.4. The summed E-state index contributed by atoms with van der Waals surface area (Å²) in [6.07, 6.45) is -4.73. The summed E-state index contributed by atoms with van der Waals surface area (Å²) in [7, 11) is -4.43. The minimum absolute atomic E-state index is 0.389. The first kappa shape index (κ1) is 16.9. The molecule has 0 saturated heterocycles. The van der Waals surface area contributed by atoms with E-state index in [1.54, 1.807) is 4.72 Å². The fourth-order valence-electron chi connectivity index (χ4n) is 1.37. The molecule has 0 aliphatic carbocycles.